The third kappa shape index (κ3) is 3.15. The maximum absolute atomic E-state index is 13.3. The second-order valence-corrected chi connectivity index (χ2v) is 8.70. The van der Waals surface area contributed by atoms with Gasteiger partial charge < -0.3 is 9.47 Å². The number of piperidine rings is 1. The van der Waals surface area contributed by atoms with Crippen molar-refractivity contribution in [2.24, 2.45) is 7.05 Å². The Kier molecular flexibility index (Phi) is 4.12. The minimum Gasteiger partial charge on any atom is -0.337 e. The van der Waals surface area contributed by atoms with Crippen molar-refractivity contribution in [1.29, 1.82) is 0 Å². The van der Waals surface area contributed by atoms with Gasteiger partial charge in [-0.15, -0.1) is 10.2 Å². The van der Waals surface area contributed by atoms with E-state index in [1.165, 1.54) is 12.8 Å². The molecule has 1 aliphatic carbocycles. The second-order valence-electron chi connectivity index (χ2n) is 8.70. The van der Waals surface area contributed by atoms with Crippen LogP contribution in [0.25, 0.3) is 0 Å². The first-order valence-corrected chi connectivity index (χ1v) is 9.58. The lowest BCUT2D eigenvalue weighted by Gasteiger charge is -2.33. The largest absolute Gasteiger partial charge is 0.337 e. The predicted octanol–water partition coefficient (Wildman–Crippen LogP) is 2.66. The van der Waals surface area contributed by atoms with Crippen LogP contribution in [-0.4, -0.2) is 48.4 Å². The summed E-state index contributed by atoms with van der Waals surface area (Å²) >= 11 is 0. The maximum Gasteiger partial charge on any atom is 0.272 e. The summed E-state index contributed by atoms with van der Waals surface area (Å²) in [7, 11) is 1.96. The lowest BCUT2D eigenvalue weighted by atomic mass is 9.96. The Balaban J connectivity index is 1.60. The molecule has 1 amide bonds. The molecule has 0 radical (unpaired) electrons. The molecular weight excluding hydrogens is 328 g/mol. The number of carbonyl (C=O) groups excluding carboxylic acids is 1. The molecule has 0 bridgehead atoms. The molecule has 0 spiro atoms. The van der Waals surface area contributed by atoms with Crippen molar-refractivity contribution >= 4 is 5.91 Å². The van der Waals surface area contributed by atoms with Crippen LogP contribution < -0.4 is 0 Å². The number of nitrogens with zero attached hydrogens (tertiary/aromatic N) is 6. The minimum absolute atomic E-state index is 0.0891. The van der Waals surface area contributed by atoms with Crippen LogP contribution in [0.15, 0.2) is 12.4 Å². The van der Waals surface area contributed by atoms with E-state index in [4.69, 9.17) is 5.10 Å². The van der Waals surface area contributed by atoms with E-state index in [0.29, 0.717) is 12.5 Å². The van der Waals surface area contributed by atoms with E-state index < -0.39 is 0 Å². The molecule has 0 aromatic carbocycles. The number of likely N-dealkylation sites (tertiary alicyclic amines) is 1. The van der Waals surface area contributed by atoms with Crippen molar-refractivity contribution < 1.29 is 4.79 Å². The Bertz CT molecular complexity index is 810. The lowest BCUT2D eigenvalue weighted by Crippen LogP contribution is -2.41. The third-order valence-electron chi connectivity index (χ3n) is 5.40. The number of aryl methyl sites for hydroxylation is 1. The molecule has 1 aliphatic heterocycles. The Morgan fingerprint density at radius 3 is 2.58 bits per heavy atom. The highest BCUT2D eigenvalue weighted by molar-refractivity contribution is 5.93. The van der Waals surface area contributed by atoms with Gasteiger partial charge in [-0.3, -0.25) is 9.48 Å². The topological polar surface area (TPSA) is 68.8 Å². The standard InChI is InChI=1S/C19H28N6O/c1-19(2,3)25-16(10-15(22-25)13-7-8-13)18(26)24-9-5-6-14(11-24)17-21-20-12-23(17)4/h10,12-14H,5-9,11H2,1-4H3/t14-/m1/s1. The summed E-state index contributed by atoms with van der Waals surface area (Å²) in [5.41, 5.74) is 1.58. The van der Waals surface area contributed by atoms with E-state index in [1.54, 1.807) is 6.33 Å². The minimum atomic E-state index is -0.211. The third-order valence-corrected chi connectivity index (χ3v) is 5.40. The first-order valence-electron chi connectivity index (χ1n) is 9.58. The molecule has 0 unspecified atom stereocenters. The fourth-order valence-corrected chi connectivity index (χ4v) is 3.84. The first-order chi connectivity index (χ1) is 12.3. The van der Waals surface area contributed by atoms with Crippen molar-refractivity contribution in [3.8, 4) is 0 Å². The van der Waals surface area contributed by atoms with Gasteiger partial charge in [-0.1, -0.05) is 0 Å². The molecule has 3 heterocycles. The van der Waals surface area contributed by atoms with Crippen LogP contribution in [0.4, 0.5) is 0 Å². The summed E-state index contributed by atoms with van der Waals surface area (Å²) in [5.74, 6) is 1.84. The fraction of sp³-hybridized carbons (Fsp3) is 0.684. The smallest absolute Gasteiger partial charge is 0.272 e. The lowest BCUT2D eigenvalue weighted by molar-refractivity contribution is 0.0682. The molecule has 140 valence electrons. The van der Waals surface area contributed by atoms with Gasteiger partial charge in [0.05, 0.1) is 11.2 Å². The van der Waals surface area contributed by atoms with Crippen LogP contribution in [0.5, 0.6) is 0 Å². The summed E-state index contributed by atoms with van der Waals surface area (Å²) in [6.45, 7) is 7.80. The van der Waals surface area contributed by atoms with E-state index in [2.05, 4.69) is 31.0 Å². The second kappa shape index (κ2) is 6.21. The van der Waals surface area contributed by atoms with Gasteiger partial charge >= 0.3 is 0 Å². The highest BCUT2D eigenvalue weighted by atomic mass is 16.2. The van der Waals surface area contributed by atoms with E-state index >= 15 is 0 Å². The summed E-state index contributed by atoms with van der Waals surface area (Å²) < 4.78 is 3.89. The van der Waals surface area contributed by atoms with Gasteiger partial charge in [-0.05, 0) is 52.5 Å². The summed E-state index contributed by atoms with van der Waals surface area (Å²) in [6, 6.07) is 2.02. The number of amides is 1. The Labute approximate surface area is 154 Å². The molecule has 2 aromatic heterocycles. The molecule has 2 aliphatic rings. The summed E-state index contributed by atoms with van der Waals surface area (Å²) in [6.07, 6.45) is 6.14. The quantitative estimate of drug-likeness (QED) is 0.848. The Morgan fingerprint density at radius 2 is 1.96 bits per heavy atom. The van der Waals surface area contributed by atoms with Crippen LogP contribution in [0, 0.1) is 0 Å². The van der Waals surface area contributed by atoms with Crippen LogP contribution >= 0.6 is 0 Å². The van der Waals surface area contributed by atoms with Gasteiger partial charge in [0.1, 0.15) is 17.8 Å². The SMILES string of the molecule is Cn1cnnc1[C@@H]1CCCN(C(=O)c2cc(C3CC3)nn2C(C)(C)C)C1. The normalized spacial score (nSPS) is 21.2. The molecule has 1 atom stereocenters. The van der Waals surface area contributed by atoms with Gasteiger partial charge in [-0.25, -0.2) is 0 Å². The van der Waals surface area contributed by atoms with Crippen molar-refractivity contribution in [2.45, 2.75) is 63.8 Å². The molecule has 7 nitrogen and oxygen atoms in total. The Hall–Kier alpha value is -2.18. The highest BCUT2D eigenvalue weighted by Gasteiger charge is 2.34. The van der Waals surface area contributed by atoms with Gasteiger partial charge in [0.25, 0.3) is 5.91 Å². The highest BCUT2D eigenvalue weighted by Crippen LogP contribution is 2.40. The van der Waals surface area contributed by atoms with Gasteiger partial charge in [-0.2, -0.15) is 5.10 Å². The number of rotatable bonds is 3. The molecule has 1 saturated heterocycles. The van der Waals surface area contributed by atoms with E-state index in [0.717, 1.165) is 36.6 Å². The summed E-state index contributed by atoms with van der Waals surface area (Å²) in [5, 5.41) is 13.0. The molecule has 2 aromatic rings. The van der Waals surface area contributed by atoms with E-state index in [1.807, 2.05) is 27.3 Å². The van der Waals surface area contributed by atoms with E-state index in [-0.39, 0.29) is 17.4 Å². The van der Waals surface area contributed by atoms with Crippen molar-refractivity contribution in [1.82, 2.24) is 29.4 Å². The molecule has 26 heavy (non-hydrogen) atoms. The molecule has 1 saturated carbocycles. The first kappa shape index (κ1) is 17.2. The molecule has 4 rings (SSSR count). The Morgan fingerprint density at radius 1 is 1.19 bits per heavy atom. The average Bonchev–Trinajstić information content (AvgIpc) is 3.19. The van der Waals surface area contributed by atoms with Crippen molar-refractivity contribution in [3.05, 3.63) is 29.6 Å². The van der Waals surface area contributed by atoms with Crippen LogP contribution in [-0.2, 0) is 12.6 Å². The zero-order valence-corrected chi connectivity index (χ0v) is 16.1. The zero-order valence-electron chi connectivity index (χ0n) is 16.1. The van der Waals surface area contributed by atoms with Crippen molar-refractivity contribution in [3.63, 3.8) is 0 Å². The number of hydrogen-bond donors (Lipinski definition) is 0. The molecule has 7 heteroatoms. The van der Waals surface area contributed by atoms with Gasteiger partial charge in [0.2, 0.25) is 0 Å². The average molecular weight is 356 g/mol. The predicted molar refractivity (Wildman–Crippen MR) is 98.1 cm³/mol. The summed E-state index contributed by atoms with van der Waals surface area (Å²) in [4.78, 5) is 15.3. The van der Waals surface area contributed by atoms with Gasteiger partial charge in [0, 0.05) is 32.0 Å². The number of hydrogen-bond acceptors (Lipinski definition) is 4. The van der Waals surface area contributed by atoms with Crippen LogP contribution in [0.1, 0.15) is 80.3 Å². The zero-order chi connectivity index (χ0) is 18.5. The molecule has 0 N–H and O–H groups in total. The fourth-order valence-electron chi connectivity index (χ4n) is 3.84. The van der Waals surface area contributed by atoms with Crippen molar-refractivity contribution in [2.75, 3.05) is 13.1 Å². The maximum atomic E-state index is 13.3. The number of aromatic nitrogens is 5. The van der Waals surface area contributed by atoms with E-state index in [9.17, 15) is 4.79 Å². The van der Waals surface area contributed by atoms with Crippen LogP contribution in [0.3, 0.4) is 0 Å². The number of carbonyl (C=O) groups is 1. The van der Waals surface area contributed by atoms with Crippen LogP contribution in [0.2, 0.25) is 0 Å². The molecule has 2 fully saturated rings. The monoisotopic (exact) mass is 356 g/mol. The van der Waals surface area contributed by atoms with Gasteiger partial charge in [0.15, 0.2) is 0 Å². The molecular formula is C19H28N6O.